The Hall–Kier alpha value is -1.60. The highest BCUT2D eigenvalue weighted by atomic mass is 79.9. The second-order valence-corrected chi connectivity index (χ2v) is 9.66. The summed E-state index contributed by atoms with van der Waals surface area (Å²) in [6.45, 7) is 8.10. The Morgan fingerprint density at radius 2 is 1.90 bits per heavy atom. The minimum Gasteiger partial charge on any atom is -0.353 e. The minimum atomic E-state index is -0.00794. The van der Waals surface area contributed by atoms with Gasteiger partial charge in [-0.15, -0.1) is 0 Å². The molecule has 0 spiro atoms. The maximum absolute atomic E-state index is 12.8. The Labute approximate surface area is 185 Å². The Balaban J connectivity index is 1.96. The van der Waals surface area contributed by atoms with Gasteiger partial charge in [-0.3, -0.25) is 14.2 Å². The molecule has 0 saturated heterocycles. The molecular formula is C22H30BrN3O2S. The second-order valence-electron chi connectivity index (χ2n) is 7.68. The summed E-state index contributed by atoms with van der Waals surface area (Å²) in [5.41, 5.74) is 2.56. The maximum Gasteiger partial charge on any atom is 0.257 e. The second kappa shape index (κ2) is 11.0. The number of aryl methyl sites for hydroxylation is 1. The standard InChI is InChI=1S/C22H30BrN3O2S/c1-14(2)15(3)24-20(27)7-6-12-29-22-25-16(4)19(21(28)26(22)5)13-17-8-10-18(23)11-9-17/h8-11,14-15H,6-7,12-13H2,1-5H3,(H,24,27). The molecule has 1 N–H and O–H groups in total. The zero-order valence-electron chi connectivity index (χ0n) is 17.8. The van der Waals surface area contributed by atoms with Crippen LogP contribution in [0.1, 0.15) is 50.4 Å². The van der Waals surface area contributed by atoms with Crippen LogP contribution in [0.5, 0.6) is 0 Å². The minimum absolute atomic E-state index is 0.00794. The van der Waals surface area contributed by atoms with E-state index in [0.29, 0.717) is 23.9 Å². The molecule has 1 aromatic carbocycles. The molecule has 7 heteroatoms. The molecule has 0 radical (unpaired) electrons. The number of rotatable bonds is 9. The van der Waals surface area contributed by atoms with E-state index in [1.165, 1.54) is 11.8 Å². The van der Waals surface area contributed by atoms with Gasteiger partial charge in [0.15, 0.2) is 5.16 Å². The van der Waals surface area contributed by atoms with Crippen molar-refractivity contribution in [2.24, 2.45) is 13.0 Å². The molecule has 1 unspecified atom stereocenters. The smallest absolute Gasteiger partial charge is 0.257 e. The van der Waals surface area contributed by atoms with E-state index >= 15 is 0 Å². The Morgan fingerprint density at radius 1 is 1.24 bits per heavy atom. The fourth-order valence-corrected chi connectivity index (χ4v) is 3.97. The molecule has 1 aromatic heterocycles. The van der Waals surface area contributed by atoms with Gasteiger partial charge in [-0.1, -0.05) is 53.7 Å². The molecule has 1 heterocycles. The number of carbonyl (C=O) groups is 1. The van der Waals surface area contributed by atoms with Crippen LogP contribution in [0.15, 0.2) is 38.7 Å². The number of carbonyl (C=O) groups excluding carboxylic acids is 1. The summed E-state index contributed by atoms with van der Waals surface area (Å²) in [4.78, 5) is 29.5. The van der Waals surface area contributed by atoms with Gasteiger partial charge >= 0.3 is 0 Å². The van der Waals surface area contributed by atoms with Gasteiger partial charge in [-0.2, -0.15) is 0 Å². The van der Waals surface area contributed by atoms with Crippen LogP contribution in [0, 0.1) is 12.8 Å². The van der Waals surface area contributed by atoms with Gasteiger partial charge in [0.1, 0.15) is 0 Å². The fraction of sp³-hybridized carbons (Fsp3) is 0.500. The van der Waals surface area contributed by atoms with Crippen LogP contribution in [0.3, 0.4) is 0 Å². The van der Waals surface area contributed by atoms with Gasteiger partial charge < -0.3 is 5.32 Å². The number of halogens is 1. The third-order valence-electron chi connectivity index (χ3n) is 5.01. The van der Waals surface area contributed by atoms with E-state index in [1.807, 2.05) is 38.1 Å². The monoisotopic (exact) mass is 479 g/mol. The zero-order chi connectivity index (χ0) is 21.6. The third kappa shape index (κ3) is 7.00. The predicted molar refractivity (Wildman–Crippen MR) is 124 cm³/mol. The Kier molecular flexibility index (Phi) is 8.96. The van der Waals surface area contributed by atoms with Gasteiger partial charge in [-0.05, 0) is 43.9 Å². The predicted octanol–water partition coefficient (Wildman–Crippen LogP) is 4.48. The Bertz CT molecular complexity index is 894. The molecule has 0 aliphatic heterocycles. The van der Waals surface area contributed by atoms with Crippen LogP contribution in [0.2, 0.25) is 0 Å². The lowest BCUT2D eigenvalue weighted by Gasteiger charge is -2.17. The number of aromatic nitrogens is 2. The molecule has 29 heavy (non-hydrogen) atoms. The summed E-state index contributed by atoms with van der Waals surface area (Å²) in [5.74, 6) is 1.25. The van der Waals surface area contributed by atoms with Crippen molar-refractivity contribution in [2.75, 3.05) is 5.75 Å². The molecule has 1 atom stereocenters. The van der Waals surface area contributed by atoms with Crippen molar-refractivity contribution >= 4 is 33.6 Å². The van der Waals surface area contributed by atoms with Gasteiger partial charge in [0, 0.05) is 47.4 Å². The molecule has 5 nitrogen and oxygen atoms in total. The lowest BCUT2D eigenvalue weighted by Crippen LogP contribution is -2.35. The number of nitrogens with one attached hydrogen (secondary N) is 1. The first kappa shape index (κ1) is 23.7. The molecule has 0 bridgehead atoms. The molecule has 1 amide bonds. The molecule has 2 aromatic rings. The van der Waals surface area contributed by atoms with Gasteiger partial charge in [0.05, 0.1) is 0 Å². The molecule has 0 aliphatic carbocycles. The first-order valence-electron chi connectivity index (χ1n) is 9.92. The van der Waals surface area contributed by atoms with Gasteiger partial charge in [-0.25, -0.2) is 4.98 Å². The largest absolute Gasteiger partial charge is 0.353 e. The molecule has 0 aliphatic rings. The lowest BCUT2D eigenvalue weighted by atomic mass is 10.1. The maximum atomic E-state index is 12.8. The zero-order valence-corrected chi connectivity index (χ0v) is 20.2. The third-order valence-corrected chi connectivity index (χ3v) is 6.66. The van der Waals surface area contributed by atoms with Crippen molar-refractivity contribution in [2.45, 2.75) is 58.2 Å². The van der Waals surface area contributed by atoms with Crippen LogP contribution in [0.25, 0.3) is 0 Å². The molecular weight excluding hydrogens is 450 g/mol. The Morgan fingerprint density at radius 3 is 2.52 bits per heavy atom. The van der Waals surface area contributed by atoms with Crippen LogP contribution < -0.4 is 10.9 Å². The number of nitrogens with zero attached hydrogens (tertiary/aromatic N) is 2. The highest BCUT2D eigenvalue weighted by Crippen LogP contribution is 2.19. The SMILES string of the molecule is Cc1nc(SCCCC(=O)NC(C)C(C)C)n(C)c(=O)c1Cc1ccc(Br)cc1. The van der Waals surface area contributed by atoms with E-state index in [1.54, 1.807) is 11.6 Å². The number of thioether (sulfide) groups is 1. The average Bonchev–Trinajstić information content (AvgIpc) is 2.67. The number of amides is 1. The molecule has 0 saturated carbocycles. The summed E-state index contributed by atoms with van der Waals surface area (Å²) < 4.78 is 2.63. The van der Waals surface area contributed by atoms with E-state index in [2.05, 4.69) is 40.1 Å². The van der Waals surface area contributed by atoms with Crippen molar-refractivity contribution in [3.63, 3.8) is 0 Å². The van der Waals surface area contributed by atoms with Crippen molar-refractivity contribution in [3.05, 3.63) is 55.9 Å². The van der Waals surface area contributed by atoms with E-state index in [-0.39, 0.29) is 17.5 Å². The van der Waals surface area contributed by atoms with Crippen molar-refractivity contribution in [3.8, 4) is 0 Å². The van der Waals surface area contributed by atoms with Crippen LogP contribution >= 0.6 is 27.7 Å². The number of hydrogen-bond donors (Lipinski definition) is 1. The number of hydrogen-bond acceptors (Lipinski definition) is 4. The average molecular weight is 480 g/mol. The molecule has 2 rings (SSSR count). The highest BCUT2D eigenvalue weighted by molar-refractivity contribution is 9.10. The fourth-order valence-electron chi connectivity index (χ4n) is 2.76. The van der Waals surface area contributed by atoms with Crippen LogP contribution in [0.4, 0.5) is 0 Å². The van der Waals surface area contributed by atoms with E-state index in [4.69, 9.17) is 0 Å². The normalized spacial score (nSPS) is 12.2. The van der Waals surface area contributed by atoms with Gasteiger partial charge in [0.2, 0.25) is 5.91 Å². The highest BCUT2D eigenvalue weighted by Gasteiger charge is 2.14. The van der Waals surface area contributed by atoms with Crippen molar-refractivity contribution < 1.29 is 4.79 Å². The number of benzene rings is 1. The summed E-state index contributed by atoms with van der Waals surface area (Å²) >= 11 is 4.96. The molecule has 0 fully saturated rings. The summed E-state index contributed by atoms with van der Waals surface area (Å²) in [6, 6.07) is 8.15. The van der Waals surface area contributed by atoms with Crippen molar-refractivity contribution in [1.29, 1.82) is 0 Å². The van der Waals surface area contributed by atoms with E-state index in [9.17, 15) is 9.59 Å². The van der Waals surface area contributed by atoms with Crippen LogP contribution in [-0.2, 0) is 18.3 Å². The summed E-state index contributed by atoms with van der Waals surface area (Å²) in [6.07, 6.45) is 1.80. The quantitative estimate of drug-likeness (QED) is 0.327. The topological polar surface area (TPSA) is 64.0 Å². The van der Waals surface area contributed by atoms with Crippen molar-refractivity contribution in [1.82, 2.24) is 14.9 Å². The lowest BCUT2D eigenvalue weighted by molar-refractivity contribution is -0.121. The van der Waals surface area contributed by atoms with Crippen LogP contribution in [-0.4, -0.2) is 27.3 Å². The first-order valence-corrected chi connectivity index (χ1v) is 11.7. The van der Waals surface area contributed by atoms with E-state index in [0.717, 1.165) is 33.5 Å². The molecule has 158 valence electrons. The summed E-state index contributed by atoms with van der Waals surface area (Å²) in [7, 11) is 1.76. The van der Waals surface area contributed by atoms with E-state index < -0.39 is 0 Å². The van der Waals surface area contributed by atoms with Gasteiger partial charge in [0.25, 0.3) is 5.56 Å². The first-order chi connectivity index (χ1) is 13.7. The summed E-state index contributed by atoms with van der Waals surface area (Å²) in [5, 5.41) is 3.72.